The first-order valence-corrected chi connectivity index (χ1v) is 11.7. The van der Waals surface area contributed by atoms with Gasteiger partial charge in [0.25, 0.3) is 5.91 Å². The minimum atomic E-state index is -0.608. The van der Waals surface area contributed by atoms with E-state index in [1.807, 2.05) is 12.1 Å². The molecule has 0 fully saturated rings. The minimum Gasteiger partial charge on any atom is -0.366 e. The summed E-state index contributed by atoms with van der Waals surface area (Å²) in [5, 5.41) is 12.5. The second-order valence-corrected chi connectivity index (χ2v) is 9.40. The largest absolute Gasteiger partial charge is 0.366 e. The second-order valence-electron chi connectivity index (χ2n) is 8.07. The summed E-state index contributed by atoms with van der Waals surface area (Å²) in [6, 6.07) is 21.2. The molecule has 1 aliphatic carbocycles. The third kappa shape index (κ3) is 5.07. The first-order valence-electron chi connectivity index (χ1n) is 10.8. The highest BCUT2D eigenvalue weighted by molar-refractivity contribution is 8.00. The van der Waals surface area contributed by atoms with E-state index in [0.717, 1.165) is 30.5 Å². The number of nitriles is 1. The minimum absolute atomic E-state index is 0.251. The molecule has 4 rings (SSSR count). The SMILES string of the molecule is CC(Sc1nc2c(cc1C#N)CC(c1ccccc1)CC2)C(=O)Nc1ccccc1C(N)=O. The highest BCUT2D eigenvalue weighted by Gasteiger charge is 2.25. The monoisotopic (exact) mass is 456 g/mol. The van der Waals surface area contributed by atoms with Crippen LogP contribution in [0.5, 0.6) is 0 Å². The Balaban J connectivity index is 1.50. The molecular weight excluding hydrogens is 432 g/mol. The molecule has 6 nitrogen and oxygen atoms in total. The van der Waals surface area contributed by atoms with Crippen LogP contribution in [0.1, 0.15) is 52.0 Å². The molecule has 0 radical (unpaired) electrons. The number of amides is 2. The first-order chi connectivity index (χ1) is 16.0. The molecule has 2 unspecified atom stereocenters. The number of thioether (sulfide) groups is 1. The van der Waals surface area contributed by atoms with E-state index in [-0.39, 0.29) is 11.5 Å². The van der Waals surface area contributed by atoms with Gasteiger partial charge in [0.05, 0.1) is 22.1 Å². The number of aryl methyl sites for hydroxylation is 1. The van der Waals surface area contributed by atoms with Gasteiger partial charge in [0.15, 0.2) is 0 Å². The van der Waals surface area contributed by atoms with E-state index in [2.05, 4.69) is 35.7 Å². The number of anilines is 1. The van der Waals surface area contributed by atoms with E-state index in [0.29, 0.717) is 22.2 Å². The molecule has 7 heteroatoms. The number of primary amides is 1. The lowest BCUT2D eigenvalue weighted by Gasteiger charge is -2.25. The number of benzene rings is 2. The van der Waals surface area contributed by atoms with Crippen LogP contribution >= 0.6 is 11.8 Å². The number of aromatic nitrogens is 1. The highest BCUT2D eigenvalue weighted by Crippen LogP contribution is 2.35. The number of para-hydroxylation sites is 1. The Morgan fingerprint density at radius 3 is 2.64 bits per heavy atom. The number of nitrogens with zero attached hydrogens (tertiary/aromatic N) is 2. The topological polar surface area (TPSA) is 109 Å². The number of nitrogens with one attached hydrogen (secondary N) is 1. The number of hydrogen-bond acceptors (Lipinski definition) is 5. The standard InChI is InChI=1S/C26H24N4O2S/c1-16(25(32)29-23-10-6-5-9-21(23)24(28)31)33-26-20(15-27)14-19-13-18(11-12-22(19)30-26)17-7-3-2-4-8-17/h2-10,14,16,18H,11-13H2,1H3,(H2,28,31)(H,29,32). The van der Waals surface area contributed by atoms with Crippen LogP contribution in [-0.4, -0.2) is 22.0 Å². The number of hydrogen-bond donors (Lipinski definition) is 2. The summed E-state index contributed by atoms with van der Waals surface area (Å²) in [7, 11) is 0. The van der Waals surface area contributed by atoms with Crippen molar-refractivity contribution < 1.29 is 9.59 Å². The number of rotatable bonds is 6. The quantitative estimate of drug-likeness (QED) is 0.533. The molecule has 1 aromatic heterocycles. The molecule has 3 aromatic rings. The molecule has 0 spiro atoms. The molecule has 2 atom stereocenters. The van der Waals surface area contributed by atoms with E-state index < -0.39 is 11.2 Å². The molecule has 2 aromatic carbocycles. The zero-order valence-corrected chi connectivity index (χ0v) is 19.1. The van der Waals surface area contributed by atoms with Crippen molar-refractivity contribution in [3.63, 3.8) is 0 Å². The van der Waals surface area contributed by atoms with Gasteiger partial charge in [0.2, 0.25) is 5.91 Å². The second kappa shape index (κ2) is 9.88. The van der Waals surface area contributed by atoms with Crippen molar-refractivity contribution in [1.29, 1.82) is 5.26 Å². The molecule has 0 saturated carbocycles. The number of nitrogens with two attached hydrogens (primary N) is 1. The predicted molar refractivity (Wildman–Crippen MR) is 129 cm³/mol. The van der Waals surface area contributed by atoms with Crippen LogP contribution in [0.3, 0.4) is 0 Å². The molecule has 0 saturated heterocycles. The van der Waals surface area contributed by atoms with Crippen LogP contribution in [0, 0.1) is 11.3 Å². The first kappa shape index (κ1) is 22.6. The van der Waals surface area contributed by atoms with Gasteiger partial charge in [-0.1, -0.05) is 54.2 Å². The van der Waals surface area contributed by atoms with Gasteiger partial charge in [0.1, 0.15) is 11.1 Å². The van der Waals surface area contributed by atoms with Crippen molar-refractivity contribution in [1.82, 2.24) is 4.98 Å². The average Bonchev–Trinajstić information content (AvgIpc) is 2.84. The van der Waals surface area contributed by atoms with Crippen LogP contribution < -0.4 is 11.1 Å². The van der Waals surface area contributed by atoms with Gasteiger partial charge in [-0.15, -0.1) is 0 Å². The lowest BCUT2D eigenvalue weighted by atomic mass is 9.82. The molecule has 33 heavy (non-hydrogen) atoms. The lowest BCUT2D eigenvalue weighted by Crippen LogP contribution is -2.25. The Morgan fingerprint density at radius 2 is 1.91 bits per heavy atom. The third-order valence-electron chi connectivity index (χ3n) is 5.85. The smallest absolute Gasteiger partial charge is 0.250 e. The molecule has 1 heterocycles. The van der Waals surface area contributed by atoms with Crippen molar-refractivity contribution in [2.75, 3.05) is 5.32 Å². The van der Waals surface area contributed by atoms with Crippen molar-refractivity contribution in [3.05, 3.63) is 88.6 Å². The van der Waals surface area contributed by atoms with Gasteiger partial charge in [-0.2, -0.15) is 5.26 Å². The Bertz CT molecular complexity index is 1240. The lowest BCUT2D eigenvalue weighted by molar-refractivity contribution is -0.115. The maximum atomic E-state index is 12.8. The maximum absolute atomic E-state index is 12.8. The van der Waals surface area contributed by atoms with Gasteiger partial charge in [0, 0.05) is 5.69 Å². The van der Waals surface area contributed by atoms with Crippen LogP contribution in [0.2, 0.25) is 0 Å². The van der Waals surface area contributed by atoms with Gasteiger partial charge < -0.3 is 11.1 Å². The van der Waals surface area contributed by atoms with Gasteiger partial charge >= 0.3 is 0 Å². The van der Waals surface area contributed by atoms with E-state index in [1.165, 1.54) is 17.3 Å². The number of carbonyl (C=O) groups excluding carboxylic acids is 2. The summed E-state index contributed by atoms with van der Waals surface area (Å²) in [6.45, 7) is 1.75. The van der Waals surface area contributed by atoms with Crippen molar-refractivity contribution >= 4 is 29.3 Å². The molecule has 1 aliphatic rings. The van der Waals surface area contributed by atoms with E-state index in [4.69, 9.17) is 10.7 Å². The number of fused-ring (bicyclic) bond motifs is 1. The maximum Gasteiger partial charge on any atom is 0.250 e. The van der Waals surface area contributed by atoms with Crippen molar-refractivity contribution in [2.45, 2.75) is 42.4 Å². The molecule has 166 valence electrons. The van der Waals surface area contributed by atoms with E-state index in [1.54, 1.807) is 31.2 Å². The fourth-order valence-electron chi connectivity index (χ4n) is 4.09. The number of pyridine rings is 1. The zero-order chi connectivity index (χ0) is 23.4. The fourth-order valence-corrected chi connectivity index (χ4v) is 4.98. The summed E-state index contributed by atoms with van der Waals surface area (Å²) in [6.07, 6.45) is 2.69. The van der Waals surface area contributed by atoms with Crippen LogP contribution in [0.4, 0.5) is 5.69 Å². The van der Waals surface area contributed by atoms with Gasteiger partial charge in [-0.25, -0.2) is 4.98 Å². The molecule has 0 bridgehead atoms. The van der Waals surface area contributed by atoms with Crippen molar-refractivity contribution in [3.8, 4) is 6.07 Å². The summed E-state index contributed by atoms with van der Waals surface area (Å²) < 4.78 is 0. The number of carbonyl (C=O) groups is 2. The van der Waals surface area contributed by atoms with E-state index in [9.17, 15) is 14.9 Å². The summed E-state index contributed by atoms with van der Waals surface area (Å²) in [5.41, 5.74) is 9.90. The predicted octanol–water partition coefficient (Wildman–Crippen LogP) is 4.44. The zero-order valence-electron chi connectivity index (χ0n) is 18.2. The summed E-state index contributed by atoms with van der Waals surface area (Å²) in [5.74, 6) is -0.482. The molecule has 0 aliphatic heterocycles. The highest BCUT2D eigenvalue weighted by atomic mass is 32.2. The Kier molecular flexibility index (Phi) is 6.76. The van der Waals surface area contributed by atoms with Gasteiger partial charge in [-0.05, 0) is 61.4 Å². The summed E-state index contributed by atoms with van der Waals surface area (Å²) >= 11 is 1.24. The van der Waals surface area contributed by atoms with Crippen LogP contribution in [0.25, 0.3) is 0 Å². The third-order valence-corrected chi connectivity index (χ3v) is 6.95. The molecule has 3 N–H and O–H groups in total. The van der Waals surface area contributed by atoms with E-state index >= 15 is 0 Å². The Labute approximate surface area is 197 Å². The average molecular weight is 457 g/mol. The van der Waals surface area contributed by atoms with Gasteiger partial charge in [-0.3, -0.25) is 9.59 Å². The molecular formula is C26H24N4O2S. The summed E-state index contributed by atoms with van der Waals surface area (Å²) in [4.78, 5) is 29.2. The van der Waals surface area contributed by atoms with Crippen LogP contribution in [-0.2, 0) is 17.6 Å². The molecule has 2 amide bonds. The van der Waals surface area contributed by atoms with Crippen molar-refractivity contribution in [2.24, 2.45) is 5.73 Å². The fraction of sp³-hybridized carbons (Fsp3) is 0.231. The Hall–Kier alpha value is -3.63. The normalized spacial score (nSPS) is 15.7. The van der Waals surface area contributed by atoms with Crippen LogP contribution in [0.15, 0.2) is 65.7 Å². The Morgan fingerprint density at radius 1 is 1.18 bits per heavy atom.